The third-order valence-electron chi connectivity index (χ3n) is 3.38. The van der Waals surface area contributed by atoms with Crippen LogP contribution in [0, 0.1) is 5.82 Å². The number of nitrogens with one attached hydrogen (secondary N) is 1. The van der Waals surface area contributed by atoms with E-state index < -0.39 is 24.1 Å². The molecule has 0 heterocycles. The highest BCUT2D eigenvalue weighted by Gasteiger charge is 2.22. The number of rotatable bonds is 6. The van der Waals surface area contributed by atoms with Gasteiger partial charge in [0.05, 0.1) is 0 Å². The van der Waals surface area contributed by atoms with Crippen LogP contribution >= 0.6 is 0 Å². The first kappa shape index (κ1) is 17.7. The summed E-state index contributed by atoms with van der Waals surface area (Å²) in [7, 11) is 0. The fourth-order valence-corrected chi connectivity index (χ4v) is 2.06. The number of aliphatic hydroxyl groups excluding tert-OH is 2. The van der Waals surface area contributed by atoms with E-state index in [0.717, 1.165) is 11.6 Å². The number of ether oxygens (including phenoxy) is 1. The predicted molar refractivity (Wildman–Crippen MR) is 86.4 cm³/mol. The minimum absolute atomic E-state index is 0.0813. The number of hydrogen-bond donors (Lipinski definition) is 4. The van der Waals surface area contributed by atoms with Crippen molar-refractivity contribution < 1.29 is 24.1 Å². The van der Waals surface area contributed by atoms with E-state index in [4.69, 9.17) is 10.5 Å². The molecule has 0 aliphatic rings. The number of benzene rings is 2. The van der Waals surface area contributed by atoms with Crippen LogP contribution in [-0.4, -0.2) is 29.0 Å². The topological polar surface area (TPSA) is 105 Å². The molecule has 128 valence electrons. The van der Waals surface area contributed by atoms with Gasteiger partial charge in [-0.3, -0.25) is 0 Å². The summed E-state index contributed by atoms with van der Waals surface area (Å²) in [6.45, 7) is -0.212. The summed E-state index contributed by atoms with van der Waals surface area (Å²) < 4.78 is 18.7. The zero-order chi connectivity index (χ0) is 17.5. The first-order valence-electron chi connectivity index (χ1n) is 7.33. The number of aliphatic hydroxyl groups is 2. The summed E-state index contributed by atoms with van der Waals surface area (Å²) in [6, 6.07) is 12.8. The Hall–Kier alpha value is -2.64. The summed E-state index contributed by atoms with van der Waals surface area (Å²) in [5.74, 6) is -0.729. The van der Waals surface area contributed by atoms with Gasteiger partial charge in [-0.1, -0.05) is 36.4 Å². The van der Waals surface area contributed by atoms with Gasteiger partial charge in [0, 0.05) is 17.8 Å². The lowest BCUT2D eigenvalue weighted by atomic mass is 10.0. The molecule has 0 aliphatic heterocycles. The van der Waals surface area contributed by atoms with E-state index in [1.54, 1.807) is 12.1 Å². The fourth-order valence-electron chi connectivity index (χ4n) is 2.06. The minimum atomic E-state index is -1.50. The van der Waals surface area contributed by atoms with Gasteiger partial charge in [0.15, 0.2) is 0 Å². The van der Waals surface area contributed by atoms with Crippen molar-refractivity contribution in [1.29, 1.82) is 0 Å². The number of nitrogens with two attached hydrogens (primary N) is 1. The number of alkyl carbamates (subject to hydrolysis) is 1. The van der Waals surface area contributed by atoms with Gasteiger partial charge in [-0.2, -0.15) is 0 Å². The van der Waals surface area contributed by atoms with Crippen LogP contribution in [0.4, 0.5) is 14.9 Å². The minimum Gasteiger partial charge on any atom is -0.445 e. The number of hydrogen-bond acceptors (Lipinski definition) is 5. The highest BCUT2D eigenvalue weighted by molar-refractivity contribution is 5.67. The summed E-state index contributed by atoms with van der Waals surface area (Å²) in [5.41, 5.74) is 6.35. The Kier molecular flexibility index (Phi) is 6.11. The predicted octanol–water partition coefficient (Wildman–Crippen LogP) is 1.73. The molecule has 0 radical (unpaired) electrons. The second-order valence-electron chi connectivity index (χ2n) is 5.24. The first-order chi connectivity index (χ1) is 11.5. The number of carbonyl (C=O) groups excluding carboxylic acids is 1. The Balaban J connectivity index is 1.81. The molecule has 2 aromatic rings. The van der Waals surface area contributed by atoms with E-state index in [2.05, 4.69) is 5.32 Å². The second-order valence-corrected chi connectivity index (χ2v) is 5.24. The van der Waals surface area contributed by atoms with Crippen LogP contribution < -0.4 is 11.1 Å². The standard InChI is InChI=1S/C17H19FN2O4/c18-14-8-12(19)6-7-13(14)16(22)15(21)9-20-17(23)24-10-11-4-2-1-3-5-11/h1-8,15-16,21-22H,9-10,19H2,(H,20,23). The van der Waals surface area contributed by atoms with Gasteiger partial charge < -0.3 is 26.0 Å². The summed E-state index contributed by atoms with van der Waals surface area (Å²) in [6.07, 6.45) is -3.64. The number of nitrogen functional groups attached to an aromatic ring is 1. The molecule has 2 aromatic carbocycles. The Bertz CT molecular complexity index is 682. The second kappa shape index (κ2) is 8.28. The molecule has 0 saturated heterocycles. The largest absolute Gasteiger partial charge is 0.445 e. The summed E-state index contributed by atoms with van der Waals surface area (Å²) >= 11 is 0. The molecule has 2 unspecified atom stereocenters. The van der Waals surface area contributed by atoms with Gasteiger partial charge in [-0.25, -0.2) is 9.18 Å². The smallest absolute Gasteiger partial charge is 0.407 e. The first-order valence-corrected chi connectivity index (χ1v) is 7.33. The molecule has 5 N–H and O–H groups in total. The van der Waals surface area contributed by atoms with E-state index in [9.17, 15) is 19.4 Å². The summed E-state index contributed by atoms with van der Waals surface area (Å²) in [5, 5.41) is 22.2. The average Bonchev–Trinajstić information content (AvgIpc) is 2.58. The van der Waals surface area contributed by atoms with E-state index in [0.29, 0.717) is 0 Å². The van der Waals surface area contributed by atoms with Crippen LogP contribution in [0.25, 0.3) is 0 Å². The molecule has 0 aromatic heterocycles. The van der Waals surface area contributed by atoms with Crippen LogP contribution in [0.2, 0.25) is 0 Å². The van der Waals surface area contributed by atoms with Crippen LogP contribution in [0.1, 0.15) is 17.2 Å². The number of amides is 1. The number of anilines is 1. The Morgan fingerprint density at radius 2 is 1.92 bits per heavy atom. The van der Waals surface area contributed by atoms with Gasteiger partial charge in [-0.05, 0) is 17.7 Å². The van der Waals surface area contributed by atoms with Crippen molar-refractivity contribution in [3.8, 4) is 0 Å². The Morgan fingerprint density at radius 3 is 2.58 bits per heavy atom. The van der Waals surface area contributed by atoms with E-state index in [1.807, 2.05) is 18.2 Å². The molecule has 0 bridgehead atoms. The fraction of sp³-hybridized carbons (Fsp3) is 0.235. The van der Waals surface area contributed by atoms with Crippen LogP contribution in [0.15, 0.2) is 48.5 Å². The lowest BCUT2D eigenvalue weighted by Gasteiger charge is -2.19. The van der Waals surface area contributed by atoms with E-state index >= 15 is 0 Å². The van der Waals surface area contributed by atoms with E-state index in [-0.39, 0.29) is 24.4 Å². The van der Waals surface area contributed by atoms with Gasteiger partial charge in [0.1, 0.15) is 24.6 Å². The van der Waals surface area contributed by atoms with Gasteiger partial charge in [0.25, 0.3) is 0 Å². The molecule has 1 amide bonds. The third-order valence-corrected chi connectivity index (χ3v) is 3.38. The molecule has 0 aliphatic carbocycles. The average molecular weight is 334 g/mol. The quantitative estimate of drug-likeness (QED) is 0.602. The van der Waals surface area contributed by atoms with Crippen molar-refractivity contribution in [3.05, 3.63) is 65.5 Å². The summed E-state index contributed by atoms with van der Waals surface area (Å²) in [4.78, 5) is 11.6. The molecule has 2 rings (SSSR count). The van der Waals surface area contributed by atoms with Crippen LogP contribution in [0.5, 0.6) is 0 Å². The van der Waals surface area contributed by atoms with Crippen molar-refractivity contribution in [3.63, 3.8) is 0 Å². The van der Waals surface area contributed by atoms with Crippen molar-refractivity contribution in [1.82, 2.24) is 5.32 Å². The molecule has 0 saturated carbocycles. The maximum atomic E-state index is 13.7. The SMILES string of the molecule is Nc1ccc(C(O)C(O)CNC(=O)OCc2ccccc2)c(F)c1. The highest BCUT2D eigenvalue weighted by atomic mass is 19.1. The van der Waals surface area contributed by atoms with Crippen molar-refractivity contribution >= 4 is 11.8 Å². The lowest BCUT2D eigenvalue weighted by Crippen LogP contribution is -2.36. The lowest BCUT2D eigenvalue weighted by molar-refractivity contribution is 0.0164. The molecule has 2 atom stereocenters. The van der Waals surface area contributed by atoms with E-state index in [1.165, 1.54) is 12.1 Å². The number of carbonyl (C=O) groups is 1. The zero-order valence-electron chi connectivity index (χ0n) is 12.9. The number of halogens is 1. The normalized spacial score (nSPS) is 13.1. The Morgan fingerprint density at radius 1 is 1.21 bits per heavy atom. The molecule has 0 fully saturated rings. The van der Waals surface area contributed by atoms with Crippen LogP contribution in [0.3, 0.4) is 0 Å². The van der Waals surface area contributed by atoms with Gasteiger partial charge in [0.2, 0.25) is 0 Å². The highest BCUT2D eigenvalue weighted by Crippen LogP contribution is 2.22. The molecular weight excluding hydrogens is 315 g/mol. The molecule has 6 nitrogen and oxygen atoms in total. The molecule has 24 heavy (non-hydrogen) atoms. The van der Waals surface area contributed by atoms with Crippen LogP contribution in [-0.2, 0) is 11.3 Å². The maximum absolute atomic E-state index is 13.7. The monoisotopic (exact) mass is 334 g/mol. The third kappa shape index (κ3) is 4.94. The zero-order valence-corrected chi connectivity index (χ0v) is 12.9. The van der Waals surface area contributed by atoms with Crippen molar-refractivity contribution in [2.75, 3.05) is 12.3 Å². The molecule has 7 heteroatoms. The van der Waals surface area contributed by atoms with Crippen molar-refractivity contribution in [2.45, 2.75) is 18.8 Å². The molecular formula is C17H19FN2O4. The van der Waals surface area contributed by atoms with Gasteiger partial charge >= 0.3 is 6.09 Å². The Labute approximate surface area is 138 Å². The maximum Gasteiger partial charge on any atom is 0.407 e. The van der Waals surface area contributed by atoms with Gasteiger partial charge in [-0.15, -0.1) is 0 Å². The molecule has 0 spiro atoms. The van der Waals surface area contributed by atoms with Crippen molar-refractivity contribution in [2.24, 2.45) is 0 Å².